The number of aryl methyl sites for hydroxylation is 2. The van der Waals surface area contributed by atoms with Gasteiger partial charge in [0, 0.05) is 0 Å². The molecule has 0 aliphatic rings. The Hall–Kier alpha value is -0.0805. The van der Waals surface area contributed by atoms with E-state index in [1.807, 2.05) is 0 Å². The molecule has 1 heterocycles. The predicted octanol–water partition coefficient (Wildman–Crippen LogP) is 8.92. The molecule has 0 fully saturated rings. The van der Waals surface area contributed by atoms with E-state index in [0.29, 0.717) is 26.7 Å². The molecule has 0 aliphatic carbocycles. The fourth-order valence-electron chi connectivity index (χ4n) is 4.56. The molecule has 0 saturated heterocycles. The molecule has 0 saturated carbocycles. The van der Waals surface area contributed by atoms with E-state index in [2.05, 4.69) is 37.6 Å². The molecule has 0 N–H and O–H groups in total. The van der Waals surface area contributed by atoms with Crippen molar-refractivity contribution in [1.82, 2.24) is 0 Å². The molecule has 2 unspecified atom stereocenters. The van der Waals surface area contributed by atoms with Gasteiger partial charge in [-0.05, 0) is 0 Å². The Kier molecular flexibility index (Phi) is 21.0. The van der Waals surface area contributed by atoms with E-state index in [4.69, 9.17) is 9.47 Å². The zero-order valence-electron chi connectivity index (χ0n) is 22.7. The third kappa shape index (κ3) is 16.3. The minimum atomic E-state index is 0.450. The van der Waals surface area contributed by atoms with Gasteiger partial charge in [0.1, 0.15) is 0 Å². The zero-order chi connectivity index (χ0) is 24.0. The van der Waals surface area contributed by atoms with Gasteiger partial charge in [0.2, 0.25) is 0 Å². The van der Waals surface area contributed by atoms with Crippen molar-refractivity contribution in [2.45, 2.75) is 155 Å². The van der Waals surface area contributed by atoms with Crippen LogP contribution in [0, 0.1) is 0 Å². The summed E-state index contributed by atoms with van der Waals surface area (Å²) in [5, 5.41) is 0. The van der Waals surface area contributed by atoms with Crippen molar-refractivity contribution in [2.75, 3.05) is 13.2 Å². The van der Waals surface area contributed by atoms with Gasteiger partial charge in [-0.3, -0.25) is 0 Å². The van der Waals surface area contributed by atoms with Crippen molar-refractivity contribution in [3.05, 3.63) is 21.0 Å². The molecule has 0 bridgehead atoms. The average molecular weight is 528 g/mol. The summed E-state index contributed by atoms with van der Waals surface area (Å²) in [4.78, 5) is 5.07. The van der Waals surface area contributed by atoms with Gasteiger partial charge in [0.05, 0.1) is 0 Å². The van der Waals surface area contributed by atoms with Crippen LogP contribution in [0.3, 0.4) is 0 Å². The number of rotatable bonds is 24. The van der Waals surface area contributed by atoms with Crippen LogP contribution in [0.5, 0.6) is 0 Å². The van der Waals surface area contributed by atoms with Crippen LogP contribution in [0.25, 0.3) is 0 Å². The number of ether oxygens (including phenoxy) is 2. The zero-order valence-corrected chi connectivity index (χ0v) is 24.4. The van der Waals surface area contributed by atoms with Crippen LogP contribution in [-0.4, -0.2) is 39.9 Å². The SMILES string of the molecule is CCCCCCCC(CCc1c[se]cc1CCC(CCCCCCC)OCCC)OCCC. The molecule has 33 heavy (non-hydrogen) atoms. The molecule has 0 aromatic carbocycles. The van der Waals surface area contributed by atoms with Crippen LogP contribution in [0.1, 0.15) is 142 Å². The van der Waals surface area contributed by atoms with Gasteiger partial charge in [0.15, 0.2) is 0 Å². The standard InChI is InChI=1S/C30H56O2Se/c1-5-9-11-13-15-17-29(31-23-7-3)21-19-27-25-33-26-28(27)20-22-30(32-24-8-4)18-16-14-12-10-6-2/h25-26,29-30H,5-24H2,1-4H3. The van der Waals surface area contributed by atoms with E-state index < -0.39 is 0 Å². The third-order valence-corrected chi connectivity index (χ3v) is 8.44. The summed E-state index contributed by atoms with van der Waals surface area (Å²) in [6, 6.07) is 0. The summed E-state index contributed by atoms with van der Waals surface area (Å²) in [5.41, 5.74) is 3.26. The van der Waals surface area contributed by atoms with Crippen LogP contribution in [0.2, 0.25) is 0 Å². The van der Waals surface area contributed by atoms with Gasteiger partial charge in [-0.25, -0.2) is 0 Å². The number of hydrogen-bond donors (Lipinski definition) is 0. The van der Waals surface area contributed by atoms with Gasteiger partial charge in [0.25, 0.3) is 0 Å². The summed E-state index contributed by atoms with van der Waals surface area (Å²) in [6.07, 6.45) is 24.0. The fourth-order valence-corrected chi connectivity index (χ4v) is 6.53. The van der Waals surface area contributed by atoms with E-state index in [0.717, 1.165) is 26.1 Å². The Bertz CT molecular complexity index is 483. The summed E-state index contributed by atoms with van der Waals surface area (Å²) in [5.74, 6) is 0. The molecule has 2 atom stereocenters. The second-order valence-corrected chi connectivity index (χ2v) is 11.5. The molecule has 1 aromatic rings. The van der Waals surface area contributed by atoms with Crippen LogP contribution in [0.15, 0.2) is 9.88 Å². The number of hydrogen-bond acceptors (Lipinski definition) is 2. The molecule has 1 rings (SSSR count). The molecule has 0 spiro atoms. The summed E-state index contributed by atoms with van der Waals surface area (Å²) < 4.78 is 12.5. The molecule has 2 nitrogen and oxygen atoms in total. The van der Waals surface area contributed by atoms with Gasteiger partial charge >= 0.3 is 214 Å². The van der Waals surface area contributed by atoms with Gasteiger partial charge in [-0.1, -0.05) is 0 Å². The van der Waals surface area contributed by atoms with Crippen molar-refractivity contribution in [3.8, 4) is 0 Å². The Balaban J connectivity index is 2.47. The van der Waals surface area contributed by atoms with Gasteiger partial charge in [-0.2, -0.15) is 0 Å². The van der Waals surface area contributed by atoms with E-state index in [1.54, 1.807) is 11.1 Å². The molecule has 194 valence electrons. The first-order chi connectivity index (χ1) is 16.2. The van der Waals surface area contributed by atoms with E-state index in [9.17, 15) is 0 Å². The summed E-state index contributed by atoms with van der Waals surface area (Å²) >= 11 is 0.560. The normalized spacial score (nSPS) is 13.5. The van der Waals surface area contributed by atoms with Crippen LogP contribution in [-0.2, 0) is 22.3 Å². The van der Waals surface area contributed by atoms with Crippen molar-refractivity contribution >= 4 is 14.5 Å². The maximum atomic E-state index is 6.25. The average Bonchev–Trinajstić information content (AvgIpc) is 3.28. The first kappa shape index (κ1) is 30.9. The molecule has 3 heteroatoms. The second-order valence-electron chi connectivity index (χ2n) is 9.89. The van der Waals surface area contributed by atoms with E-state index in [-0.39, 0.29) is 0 Å². The van der Waals surface area contributed by atoms with Crippen LogP contribution >= 0.6 is 0 Å². The summed E-state index contributed by atoms with van der Waals surface area (Å²) in [7, 11) is 0. The Morgan fingerprint density at radius 1 is 0.545 bits per heavy atom. The molecular weight excluding hydrogens is 471 g/mol. The molecule has 0 aliphatic heterocycles. The topological polar surface area (TPSA) is 18.5 Å². The first-order valence-electron chi connectivity index (χ1n) is 14.5. The van der Waals surface area contributed by atoms with Crippen LogP contribution < -0.4 is 0 Å². The van der Waals surface area contributed by atoms with E-state index >= 15 is 0 Å². The first-order valence-corrected chi connectivity index (χ1v) is 16.5. The predicted molar refractivity (Wildman–Crippen MR) is 147 cm³/mol. The fraction of sp³-hybridized carbons (Fsp3) is 0.867. The molecular formula is C30H56O2Se. The Morgan fingerprint density at radius 3 is 1.36 bits per heavy atom. The Labute approximate surface area is 213 Å². The Morgan fingerprint density at radius 2 is 0.970 bits per heavy atom. The maximum absolute atomic E-state index is 6.25. The van der Waals surface area contributed by atoms with Crippen molar-refractivity contribution in [2.24, 2.45) is 0 Å². The minimum absolute atomic E-state index is 0.450. The molecule has 0 amide bonds. The molecule has 1 aromatic heterocycles. The molecule has 0 radical (unpaired) electrons. The quantitative estimate of drug-likeness (QED) is 0.0987. The van der Waals surface area contributed by atoms with Gasteiger partial charge < -0.3 is 0 Å². The second kappa shape index (κ2) is 22.4. The van der Waals surface area contributed by atoms with Crippen molar-refractivity contribution in [3.63, 3.8) is 0 Å². The monoisotopic (exact) mass is 528 g/mol. The van der Waals surface area contributed by atoms with Crippen molar-refractivity contribution < 1.29 is 9.47 Å². The third-order valence-electron chi connectivity index (χ3n) is 6.68. The van der Waals surface area contributed by atoms with Crippen molar-refractivity contribution in [1.29, 1.82) is 0 Å². The van der Waals surface area contributed by atoms with Gasteiger partial charge in [-0.15, -0.1) is 0 Å². The van der Waals surface area contributed by atoms with E-state index in [1.165, 1.54) is 103 Å². The summed E-state index contributed by atoms with van der Waals surface area (Å²) in [6.45, 7) is 10.9. The van der Waals surface area contributed by atoms with Crippen LogP contribution in [0.4, 0.5) is 0 Å². The number of unbranched alkanes of at least 4 members (excludes halogenated alkanes) is 8.